The summed E-state index contributed by atoms with van der Waals surface area (Å²) in [6, 6.07) is 9.22. The van der Waals surface area contributed by atoms with Crippen molar-refractivity contribution in [2.24, 2.45) is 0 Å². The zero-order chi connectivity index (χ0) is 19.6. The molecule has 0 amide bonds. The maximum atomic E-state index is 13.1. The lowest BCUT2D eigenvalue weighted by molar-refractivity contribution is -0.172. The SMILES string of the molecule is CC[C@@]1(O)C(=O)OCc2c1cc1n(c2=O)Cc2cc3cc(C=N)ccc3nc2-1. The number of nitrogens with zero attached hydrogens (tertiary/aromatic N) is 2. The molecule has 7 nitrogen and oxygen atoms in total. The molecule has 0 fully saturated rings. The number of cyclic esters (lactones) is 1. The Morgan fingerprint density at radius 2 is 2.14 bits per heavy atom. The van der Waals surface area contributed by atoms with Crippen molar-refractivity contribution in [3.05, 3.63) is 62.9 Å². The van der Waals surface area contributed by atoms with Crippen LogP contribution >= 0.6 is 0 Å². The van der Waals surface area contributed by atoms with Gasteiger partial charge in [0.2, 0.25) is 0 Å². The highest BCUT2D eigenvalue weighted by Crippen LogP contribution is 2.38. The van der Waals surface area contributed by atoms with E-state index in [1.54, 1.807) is 17.6 Å². The third-order valence-corrected chi connectivity index (χ3v) is 5.70. The molecular formula is C21H17N3O4. The van der Waals surface area contributed by atoms with Crippen LogP contribution in [0.5, 0.6) is 0 Å². The lowest BCUT2D eigenvalue weighted by atomic mass is 9.86. The Labute approximate surface area is 159 Å². The average molecular weight is 375 g/mol. The minimum Gasteiger partial charge on any atom is -0.458 e. The minimum atomic E-state index is -1.82. The third kappa shape index (κ3) is 2.07. The summed E-state index contributed by atoms with van der Waals surface area (Å²) in [5.74, 6) is -0.726. The first-order valence-corrected chi connectivity index (χ1v) is 9.07. The molecule has 2 N–H and O–H groups in total. The second kappa shape index (κ2) is 5.59. The van der Waals surface area contributed by atoms with Gasteiger partial charge in [-0.1, -0.05) is 13.0 Å². The fraction of sp³-hybridized carbons (Fsp3) is 0.238. The summed E-state index contributed by atoms with van der Waals surface area (Å²) in [5, 5.41) is 19.2. The lowest BCUT2D eigenvalue weighted by Crippen LogP contribution is -2.44. The first kappa shape index (κ1) is 16.8. The second-order valence-corrected chi connectivity index (χ2v) is 7.20. The molecule has 1 aromatic carbocycles. The summed E-state index contributed by atoms with van der Waals surface area (Å²) in [6.45, 7) is 1.92. The Morgan fingerprint density at radius 3 is 2.89 bits per heavy atom. The van der Waals surface area contributed by atoms with Crippen molar-refractivity contribution >= 4 is 23.1 Å². The predicted octanol–water partition coefficient (Wildman–Crippen LogP) is 2.08. The standard InChI is InChI=1S/C21H17N3O4/c1-2-21(27)15-7-17-18-13(6-12-5-11(8-22)3-4-16(12)23-18)9-24(17)19(25)14(15)10-28-20(21)26/h3-8,22,27H,2,9-10H2,1H3/t21-/m0/s1. The molecule has 0 spiro atoms. The van der Waals surface area contributed by atoms with Crippen molar-refractivity contribution in [2.75, 3.05) is 0 Å². The van der Waals surface area contributed by atoms with E-state index in [4.69, 9.17) is 15.1 Å². The van der Waals surface area contributed by atoms with Crippen molar-refractivity contribution in [1.29, 1.82) is 5.41 Å². The zero-order valence-corrected chi connectivity index (χ0v) is 15.2. The van der Waals surface area contributed by atoms with E-state index in [0.29, 0.717) is 29.1 Å². The van der Waals surface area contributed by atoms with Crippen LogP contribution in [0.4, 0.5) is 0 Å². The Morgan fingerprint density at radius 1 is 1.32 bits per heavy atom. The Kier molecular flexibility index (Phi) is 3.36. The molecule has 0 aliphatic carbocycles. The smallest absolute Gasteiger partial charge is 0.343 e. The number of benzene rings is 1. The largest absolute Gasteiger partial charge is 0.458 e. The van der Waals surface area contributed by atoms with E-state index in [2.05, 4.69) is 0 Å². The van der Waals surface area contributed by atoms with Crippen molar-refractivity contribution in [1.82, 2.24) is 9.55 Å². The van der Waals surface area contributed by atoms with E-state index >= 15 is 0 Å². The van der Waals surface area contributed by atoms with Crippen molar-refractivity contribution < 1.29 is 14.6 Å². The normalized spacial score (nSPS) is 19.7. The molecule has 5 rings (SSSR count). The summed E-state index contributed by atoms with van der Waals surface area (Å²) >= 11 is 0. The van der Waals surface area contributed by atoms with E-state index in [0.717, 1.165) is 22.0 Å². The summed E-state index contributed by atoms with van der Waals surface area (Å²) in [4.78, 5) is 30.0. The van der Waals surface area contributed by atoms with Crippen LogP contribution in [-0.4, -0.2) is 26.8 Å². The number of ether oxygens (including phenoxy) is 1. The van der Waals surface area contributed by atoms with Gasteiger partial charge in [0.1, 0.15) is 6.61 Å². The number of carbonyl (C=O) groups is 1. The molecule has 140 valence electrons. The Hall–Kier alpha value is -3.32. The highest BCUT2D eigenvalue weighted by molar-refractivity contribution is 5.90. The Bertz CT molecular complexity index is 1260. The molecule has 4 heterocycles. The van der Waals surface area contributed by atoms with Gasteiger partial charge in [0, 0.05) is 22.7 Å². The van der Waals surface area contributed by atoms with Gasteiger partial charge in [0.15, 0.2) is 5.60 Å². The van der Waals surface area contributed by atoms with Crippen molar-refractivity contribution in [3.63, 3.8) is 0 Å². The van der Waals surface area contributed by atoms with Crippen LogP contribution in [0.1, 0.15) is 35.6 Å². The molecule has 2 aliphatic rings. The third-order valence-electron chi connectivity index (χ3n) is 5.70. The quantitative estimate of drug-likeness (QED) is 0.412. The molecule has 7 heteroatoms. The van der Waals surface area contributed by atoms with Gasteiger partial charge < -0.3 is 19.8 Å². The van der Waals surface area contributed by atoms with E-state index in [-0.39, 0.29) is 18.6 Å². The Balaban J connectivity index is 1.77. The van der Waals surface area contributed by atoms with E-state index < -0.39 is 11.6 Å². The van der Waals surface area contributed by atoms with E-state index in [1.165, 1.54) is 6.21 Å². The number of aliphatic hydroxyl groups is 1. The number of hydrogen-bond donors (Lipinski definition) is 2. The molecule has 0 saturated heterocycles. The number of rotatable bonds is 2. The molecule has 0 saturated carbocycles. The molecule has 2 aromatic heterocycles. The first-order valence-electron chi connectivity index (χ1n) is 9.07. The minimum absolute atomic E-state index is 0.117. The molecule has 0 unspecified atom stereocenters. The number of carbonyl (C=O) groups excluding carboxylic acids is 1. The number of esters is 1. The van der Waals surface area contributed by atoms with Crippen LogP contribution in [0.15, 0.2) is 35.1 Å². The predicted molar refractivity (Wildman–Crippen MR) is 102 cm³/mol. The van der Waals surface area contributed by atoms with Gasteiger partial charge in [-0.05, 0) is 36.2 Å². The second-order valence-electron chi connectivity index (χ2n) is 7.20. The maximum Gasteiger partial charge on any atom is 0.343 e. The summed E-state index contributed by atoms with van der Waals surface area (Å²) in [7, 11) is 0. The maximum absolute atomic E-state index is 13.1. The summed E-state index contributed by atoms with van der Waals surface area (Å²) in [5.41, 5.74) is 2.24. The topological polar surface area (TPSA) is 105 Å². The van der Waals surface area contributed by atoms with Crippen molar-refractivity contribution in [3.8, 4) is 11.4 Å². The number of aromatic nitrogens is 2. The van der Waals surface area contributed by atoms with Crippen molar-refractivity contribution in [2.45, 2.75) is 32.1 Å². The number of fused-ring (bicyclic) bond motifs is 5. The van der Waals surface area contributed by atoms with Crippen LogP contribution < -0.4 is 5.56 Å². The zero-order valence-electron chi connectivity index (χ0n) is 15.2. The van der Waals surface area contributed by atoms with Gasteiger partial charge in [-0.2, -0.15) is 0 Å². The van der Waals surface area contributed by atoms with Crippen LogP contribution in [-0.2, 0) is 28.3 Å². The molecule has 1 atom stereocenters. The molecule has 2 aliphatic heterocycles. The average Bonchev–Trinajstić information content (AvgIpc) is 3.07. The lowest BCUT2D eigenvalue weighted by Gasteiger charge is -2.31. The number of hydrogen-bond acceptors (Lipinski definition) is 6. The van der Waals surface area contributed by atoms with Gasteiger partial charge in [-0.15, -0.1) is 0 Å². The molecule has 28 heavy (non-hydrogen) atoms. The van der Waals surface area contributed by atoms with Crippen LogP contribution in [0.2, 0.25) is 0 Å². The molecule has 0 radical (unpaired) electrons. The van der Waals surface area contributed by atoms with Crippen LogP contribution in [0.25, 0.3) is 22.3 Å². The van der Waals surface area contributed by atoms with Gasteiger partial charge in [0.05, 0.1) is 29.0 Å². The fourth-order valence-corrected chi connectivity index (χ4v) is 4.09. The number of nitrogens with one attached hydrogen (secondary N) is 1. The van der Waals surface area contributed by atoms with Crippen LogP contribution in [0.3, 0.4) is 0 Å². The molecular weight excluding hydrogens is 358 g/mol. The van der Waals surface area contributed by atoms with Gasteiger partial charge >= 0.3 is 5.97 Å². The highest BCUT2D eigenvalue weighted by atomic mass is 16.6. The van der Waals surface area contributed by atoms with E-state index in [1.807, 2.05) is 24.3 Å². The molecule has 3 aromatic rings. The first-order chi connectivity index (χ1) is 13.5. The fourth-order valence-electron chi connectivity index (χ4n) is 4.09. The van der Waals surface area contributed by atoms with Gasteiger partial charge in [0.25, 0.3) is 5.56 Å². The molecule has 0 bridgehead atoms. The van der Waals surface area contributed by atoms with Gasteiger partial charge in [-0.25, -0.2) is 9.78 Å². The van der Waals surface area contributed by atoms with Gasteiger partial charge in [-0.3, -0.25) is 4.79 Å². The summed E-state index contributed by atoms with van der Waals surface area (Å²) < 4.78 is 6.69. The summed E-state index contributed by atoms with van der Waals surface area (Å²) in [6.07, 6.45) is 1.40. The van der Waals surface area contributed by atoms with E-state index in [9.17, 15) is 14.7 Å². The van der Waals surface area contributed by atoms with Crippen LogP contribution in [0, 0.1) is 5.41 Å². The monoisotopic (exact) mass is 375 g/mol. The number of pyridine rings is 2. The highest BCUT2D eigenvalue weighted by Gasteiger charge is 2.45.